The maximum absolute atomic E-state index is 11.8. The van der Waals surface area contributed by atoms with Gasteiger partial charge in [-0.25, -0.2) is 13.4 Å². The molecule has 1 rings (SSSR count). The van der Waals surface area contributed by atoms with Gasteiger partial charge in [-0.1, -0.05) is 28.1 Å². The Morgan fingerprint density at radius 3 is 2.42 bits per heavy atom. The van der Waals surface area contributed by atoms with Crippen molar-refractivity contribution in [2.75, 3.05) is 32.6 Å². The number of likely N-dealkylation sites (N-methyl/N-ethyl adjacent to an activating group) is 1. The fraction of sp³-hybridized carbons (Fsp3) is 0.529. The summed E-state index contributed by atoms with van der Waals surface area (Å²) in [4.78, 5) is 17.8. The summed E-state index contributed by atoms with van der Waals surface area (Å²) in [7, 11) is 0.354. The maximum Gasteiger partial charge on any atom is 0.241 e. The zero-order valence-corrected chi connectivity index (χ0v) is 18.0. The van der Waals surface area contributed by atoms with Crippen molar-refractivity contribution < 1.29 is 13.2 Å². The summed E-state index contributed by atoms with van der Waals surface area (Å²) < 4.78 is 23.6. The molecule has 0 saturated heterocycles. The van der Waals surface area contributed by atoms with Gasteiger partial charge in [-0.3, -0.25) is 4.79 Å². The van der Waals surface area contributed by atoms with E-state index in [1.807, 2.05) is 31.2 Å². The minimum atomic E-state index is -3.02. The third-order valence-electron chi connectivity index (χ3n) is 3.54. The second-order valence-corrected chi connectivity index (χ2v) is 9.57. The average molecular weight is 447 g/mol. The Kier molecular flexibility index (Phi) is 9.07. The lowest BCUT2D eigenvalue weighted by Gasteiger charge is -2.19. The topological polar surface area (TPSA) is 90.9 Å². The number of hydrogen-bond acceptors (Lipinski definition) is 4. The Hall–Kier alpha value is -1.61. The number of sulfone groups is 1. The molecule has 1 unspecified atom stereocenters. The molecule has 0 aliphatic rings. The molecule has 1 amide bonds. The Bertz CT molecular complexity index is 718. The van der Waals surface area contributed by atoms with Crippen molar-refractivity contribution in [1.29, 1.82) is 0 Å². The lowest BCUT2D eigenvalue weighted by atomic mass is 10.2. The van der Waals surface area contributed by atoms with E-state index in [9.17, 15) is 13.2 Å². The molecule has 9 heteroatoms. The van der Waals surface area contributed by atoms with Gasteiger partial charge in [0.2, 0.25) is 5.91 Å². The molecule has 1 aromatic carbocycles. The van der Waals surface area contributed by atoms with Crippen molar-refractivity contribution in [3.05, 3.63) is 34.3 Å². The van der Waals surface area contributed by atoms with Gasteiger partial charge < -0.3 is 15.5 Å². The van der Waals surface area contributed by atoms with Crippen LogP contribution in [0.25, 0.3) is 0 Å². The number of nitrogens with zero attached hydrogens (tertiary/aromatic N) is 2. The van der Waals surface area contributed by atoms with Crippen molar-refractivity contribution in [3.63, 3.8) is 0 Å². The zero-order chi connectivity index (χ0) is 19.7. The highest BCUT2D eigenvalue weighted by atomic mass is 79.9. The zero-order valence-electron chi connectivity index (χ0n) is 15.6. The molecule has 1 aromatic rings. The van der Waals surface area contributed by atoms with Crippen LogP contribution in [-0.4, -0.2) is 63.9 Å². The number of carbonyl (C=O) groups excluding carboxylic acids is 1. The van der Waals surface area contributed by atoms with Crippen molar-refractivity contribution in [3.8, 4) is 0 Å². The fourth-order valence-electron chi connectivity index (χ4n) is 1.93. The van der Waals surface area contributed by atoms with Gasteiger partial charge in [-0.2, -0.15) is 0 Å². The van der Waals surface area contributed by atoms with Crippen molar-refractivity contribution in [1.82, 2.24) is 15.5 Å². The summed E-state index contributed by atoms with van der Waals surface area (Å²) >= 11 is 3.39. The summed E-state index contributed by atoms with van der Waals surface area (Å²) in [5.74, 6) is 0.494. The summed E-state index contributed by atoms with van der Waals surface area (Å²) in [5.41, 5.74) is 1.03. The van der Waals surface area contributed by atoms with Gasteiger partial charge in [-0.05, 0) is 31.0 Å². The monoisotopic (exact) mass is 446 g/mol. The maximum atomic E-state index is 11.8. The fourth-order valence-corrected chi connectivity index (χ4v) is 2.97. The number of nitrogens with one attached hydrogen (secondary N) is 2. The van der Waals surface area contributed by atoms with Crippen molar-refractivity contribution in [2.45, 2.75) is 25.9 Å². The number of carbonyl (C=O) groups is 1. The van der Waals surface area contributed by atoms with E-state index in [2.05, 4.69) is 31.6 Å². The van der Waals surface area contributed by atoms with Crippen molar-refractivity contribution >= 4 is 37.6 Å². The number of hydrogen-bond donors (Lipinski definition) is 2. The first-order chi connectivity index (χ1) is 12.1. The lowest BCUT2D eigenvalue weighted by Crippen LogP contribution is -2.46. The number of aliphatic imine (C=N–C) groups is 1. The van der Waals surface area contributed by atoms with Gasteiger partial charge in [0, 0.05) is 30.9 Å². The molecule has 2 N–H and O–H groups in total. The predicted octanol–water partition coefficient (Wildman–Crippen LogP) is 1.40. The van der Waals surface area contributed by atoms with Gasteiger partial charge in [0.05, 0.1) is 18.8 Å². The van der Waals surface area contributed by atoms with Crippen LogP contribution in [0, 0.1) is 0 Å². The Morgan fingerprint density at radius 2 is 1.88 bits per heavy atom. The van der Waals surface area contributed by atoms with Gasteiger partial charge in [0.1, 0.15) is 9.84 Å². The van der Waals surface area contributed by atoms with E-state index >= 15 is 0 Å². The van der Waals surface area contributed by atoms with Crippen LogP contribution in [0.4, 0.5) is 0 Å². The first kappa shape index (κ1) is 22.4. The van der Waals surface area contributed by atoms with Gasteiger partial charge in [0.25, 0.3) is 0 Å². The molecule has 26 heavy (non-hydrogen) atoms. The summed E-state index contributed by atoms with van der Waals surface area (Å²) in [5, 5.41) is 6.16. The number of guanidine groups is 1. The predicted molar refractivity (Wildman–Crippen MR) is 109 cm³/mol. The number of amides is 1. The van der Waals surface area contributed by atoms with E-state index in [1.165, 1.54) is 11.2 Å². The second kappa shape index (κ2) is 10.5. The Labute approximate surface area is 164 Å². The standard InChI is InChI=1S/C17H27BrN4O3S/c1-13(9-10-26(4,24)25)21-17(20-12-16(23)22(2)3)19-11-14-5-7-15(18)8-6-14/h5-8,13H,9-12H2,1-4H3,(H2,19,20,21). The molecule has 0 aromatic heterocycles. The molecule has 0 heterocycles. The molecule has 1 atom stereocenters. The van der Waals surface area contributed by atoms with Crippen LogP contribution in [0.15, 0.2) is 33.7 Å². The number of benzene rings is 1. The van der Waals surface area contributed by atoms with Crippen LogP contribution in [0.1, 0.15) is 18.9 Å². The summed E-state index contributed by atoms with van der Waals surface area (Å²) in [6.45, 7) is 2.44. The highest BCUT2D eigenvalue weighted by Crippen LogP contribution is 2.11. The summed E-state index contributed by atoms with van der Waals surface area (Å²) in [6, 6.07) is 7.70. The van der Waals surface area contributed by atoms with E-state index in [4.69, 9.17) is 0 Å². The van der Waals surface area contributed by atoms with Crippen LogP contribution >= 0.6 is 15.9 Å². The molecule has 0 aliphatic heterocycles. The van der Waals surface area contributed by atoms with E-state index in [-0.39, 0.29) is 24.2 Å². The van der Waals surface area contributed by atoms with Crippen LogP contribution in [0.3, 0.4) is 0 Å². The van der Waals surface area contributed by atoms with Crippen LogP contribution < -0.4 is 10.6 Å². The third-order valence-corrected chi connectivity index (χ3v) is 5.05. The lowest BCUT2D eigenvalue weighted by molar-refractivity contribution is -0.127. The van der Waals surface area contributed by atoms with E-state index < -0.39 is 9.84 Å². The van der Waals surface area contributed by atoms with Crippen molar-refractivity contribution in [2.24, 2.45) is 4.99 Å². The minimum Gasteiger partial charge on any atom is -0.354 e. The number of halogens is 1. The number of rotatable bonds is 8. The highest BCUT2D eigenvalue weighted by Gasteiger charge is 2.11. The largest absolute Gasteiger partial charge is 0.354 e. The van der Waals surface area contributed by atoms with E-state index in [0.717, 1.165) is 10.0 Å². The normalized spacial score (nSPS) is 13.2. The van der Waals surface area contributed by atoms with Crippen LogP contribution in [0.2, 0.25) is 0 Å². The SMILES string of the molecule is CC(CCS(C)(=O)=O)NC(=NCc1ccc(Br)cc1)NCC(=O)N(C)C. The molecule has 7 nitrogen and oxygen atoms in total. The Morgan fingerprint density at radius 1 is 1.27 bits per heavy atom. The molecule has 0 fully saturated rings. The third kappa shape index (κ3) is 9.76. The molecule has 0 bridgehead atoms. The highest BCUT2D eigenvalue weighted by molar-refractivity contribution is 9.10. The first-order valence-electron chi connectivity index (χ1n) is 8.24. The van der Waals surface area contributed by atoms with Gasteiger partial charge in [-0.15, -0.1) is 0 Å². The molecular weight excluding hydrogens is 420 g/mol. The summed E-state index contributed by atoms with van der Waals surface area (Å²) in [6.07, 6.45) is 1.68. The van der Waals surface area contributed by atoms with Gasteiger partial charge in [0.15, 0.2) is 5.96 Å². The molecule has 146 valence electrons. The Balaban J connectivity index is 2.74. The van der Waals surface area contributed by atoms with Crippen LogP contribution in [-0.2, 0) is 21.2 Å². The first-order valence-corrected chi connectivity index (χ1v) is 11.1. The molecular formula is C17H27BrN4O3S. The second-order valence-electron chi connectivity index (χ2n) is 6.40. The van der Waals surface area contributed by atoms with E-state index in [1.54, 1.807) is 14.1 Å². The average Bonchev–Trinajstić information content (AvgIpc) is 2.55. The molecule has 0 saturated carbocycles. The quantitative estimate of drug-likeness (QED) is 0.465. The van der Waals surface area contributed by atoms with Gasteiger partial charge >= 0.3 is 0 Å². The molecule has 0 radical (unpaired) electrons. The van der Waals surface area contributed by atoms with Crippen LogP contribution in [0.5, 0.6) is 0 Å². The molecule has 0 spiro atoms. The minimum absolute atomic E-state index is 0.0769. The van der Waals surface area contributed by atoms with E-state index in [0.29, 0.717) is 18.9 Å². The molecule has 0 aliphatic carbocycles. The smallest absolute Gasteiger partial charge is 0.241 e.